The molecule has 1 aromatic heterocycles. The van der Waals surface area contributed by atoms with E-state index in [9.17, 15) is 14.9 Å². The molecule has 36 heavy (non-hydrogen) atoms. The van der Waals surface area contributed by atoms with E-state index in [1.165, 1.54) is 12.8 Å². The quantitative estimate of drug-likeness (QED) is 0.485. The zero-order valence-corrected chi connectivity index (χ0v) is 21.8. The van der Waals surface area contributed by atoms with E-state index in [-0.39, 0.29) is 23.8 Å². The number of carbonyl (C=O) groups excluding carboxylic acids is 2. The Kier molecular flexibility index (Phi) is 9.03. The summed E-state index contributed by atoms with van der Waals surface area (Å²) in [6, 6.07) is 11.6. The van der Waals surface area contributed by atoms with Crippen LogP contribution in [0.4, 0.5) is 0 Å². The third-order valence-corrected chi connectivity index (χ3v) is 7.80. The molecular weight excluding hydrogens is 450 g/mol. The summed E-state index contributed by atoms with van der Waals surface area (Å²) in [4.78, 5) is 26.8. The molecule has 2 heterocycles. The lowest BCUT2D eigenvalue weighted by molar-refractivity contribution is -0.127. The first-order valence-corrected chi connectivity index (χ1v) is 13.8. The average molecular weight is 492 g/mol. The van der Waals surface area contributed by atoms with Gasteiger partial charge in [0.1, 0.15) is 11.7 Å². The molecule has 7 nitrogen and oxygen atoms in total. The van der Waals surface area contributed by atoms with Gasteiger partial charge >= 0.3 is 0 Å². The molecule has 4 rings (SSSR count). The normalized spacial score (nSPS) is 23.2. The van der Waals surface area contributed by atoms with Crippen molar-refractivity contribution in [1.82, 2.24) is 20.5 Å². The van der Waals surface area contributed by atoms with Crippen molar-refractivity contribution >= 4 is 22.7 Å². The number of nitrogens with one attached hydrogen (secondary N) is 3. The maximum Gasteiger partial charge on any atom is 0.268 e. The lowest BCUT2D eigenvalue weighted by atomic mass is 9.83. The Hall–Kier alpha value is -2.85. The predicted molar refractivity (Wildman–Crippen MR) is 142 cm³/mol. The second-order valence-electron chi connectivity index (χ2n) is 11.0. The summed E-state index contributed by atoms with van der Waals surface area (Å²) < 4.78 is 2.16. The number of nitrogens with zero attached hydrogens (tertiary/aromatic N) is 2. The van der Waals surface area contributed by atoms with Crippen molar-refractivity contribution < 1.29 is 9.59 Å². The van der Waals surface area contributed by atoms with E-state index in [1.807, 2.05) is 32.0 Å². The topological polar surface area (TPSA) is 99.0 Å². The Morgan fingerprint density at radius 2 is 1.97 bits per heavy atom. The van der Waals surface area contributed by atoms with Gasteiger partial charge in [0.15, 0.2) is 0 Å². The largest absolute Gasteiger partial charge is 0.347 e. The minimum Gasteiger partial charge on any atom is -0.347 e. The number of benzene rings is 1. The van der Waals surface area contributed by atoms with Crippen LogP contribution in [0.25, 0.3) is 10.9 Å². The fourth-order valence-electron chi connectivity index (χ4n) is 5.88. The second kappa shape index (κ2) is 12.4. The molecule has 0 spiro atoms. The van der Waals surface area contributed by atoms with Crippen LogP contribution in [0.5, 0.6) is 0 Å². The fourth-order valence-corrected chi connectivity index (χ4v) is 5.88. The number of aromatic nitrogens is 1. The summed E-state index contributed by atoms with van der Waals surface area (Å²) in [7, 11) is 0. The Labute approximate surface area is 215 Å². The number of para-hydroxylation sites is 1. The maximum atomic E-state index is 13.6. The van der Waals surface area contributed by atoms with Gasteiger partial charge in [0, 0.05) is 23.5 Å². The van der Waals surface area contributed by atoms with E-state index in [2.05, 4.69) is 38.7 Å². The van der Waals surface area contributed by atoms with Crippen LogP contribution in [-0.2, 0) is 11.3 Å². The number of aryl methyl sites for hydroxylation is 1. The van der Waals surface area contributed by atoms with E-state index in [1.54, 1.807) is 0 Å². The highest BCUT2D eigenvalue weighted by Crippen LogP contribution is 2.27. The smallest absolute Gasteiger partial charge is 0.268 e. The molecule has 1 saturated carbocycles. The van der Waals surface area contributed by atoms with Gasteiger partial charge in [-0.05, 0) is 75.6 Å². The summed E-state index contributed by atoms with van der Waals surface area (Å²) in [5.41, 5.74) is 1.74. The number of fused-ring (bicyclic) bond motifs is 1. The van der Waals surface area contributed by atoms with Gasteiger partial charge in [-0.3, -0.25) is 9.59 Å². The lowest BCUT2D eigenvalue weighted by Gasteiger charge is -2.32. The minimum absolute atomic E-state index is 0.113. The SMILES string of the molecule is CC(C)C[C@@H](C#N)NC(=O)[C@@H]1CCCC[C@@H]1NC(=O)c1cc2ccccc2n1CCC1CCCNC1. The molecule has 2 aromatic rings. The molecule has 0 bridgehead atoms. The molecule has 4 atom stereocenters. The van der Waals surface area contributed by atoms with Gasteiger partial charge in [-0.25, -0.2) is 0 Å². The van der Waals surface area contributed by atoms with Crippen LogP contribution < -0.4 is 16.0 Å². The first kappa shape index (κ1) is 26.2. The van der Waals surface area contributed by atoms with Crippen molar-refractivity contribution in [3.8, 4) is 6.07 Å². The Morgan fingerprint density at radius 1 is 1.17 bits per heavy atom. The molecule has 7 heteroatoms. The van der Waals surface area contributed by atoms with Crippen LogP contribution in [0.15, 0.2) is 30.3 Å². The first-order valence-electron chi connectivity index (χ1n) is 13.8. The number of amides is 2. The molecule has 1 unspecified atom stereocenters. The Morgan fingerprint density at radius 3 is 2.72 bits per heavy atom. The number of nitriles is 1. The second-order valence-corrected chi connectivity index (χ2v) is 11.0. The molecule has 3 N–H and O–H groups in total. The highest BCUT2D eigenvalue weighted by atomic mass is 16.2. The van der Waals surface area contributed by atoms with Gasteiger partial charge < -0.3 is 20.5 Å². The lowest BCUT2D eigenvalue weighted by Crippen LogP contribution is -2.50. The Bertz CT molecular complexity index is 1080. The number of hydrogen-bond acceptors (Lipinski definition) is 4. The molecule has 1 aliphatic carbocycles. The van der Waals surface area contributed by atoms with E-state index in [4.69, 9.17) is 0 Å². The predicted octanol–water partition coefficient (Wildman–Crippen LogP) is 4.37. The summed E-state index contributed by atoms with van der Waals surface area (Å²) >= 11 is 0. The minimum atomic E-state index is -0.493. The summed E-state index contributed by atoms with van der Waals surface area (Å²) in [6.45, 7) is 7.03. The van der Waals surface area contributed by atoms with Gasteiger partial charge in [0.25, 0.3) is 5.91 Å². The maximum absolute atomic E-state index is 13.6. The molecule has 2 fully saturated rings. The third kappa shape index (κ3) is 6.47. The molecule has 1 aliphatic heterocycles. The molecule has 2 aliphatic rings. The Balaban J connectivity index is 1.49. The number of hydrogen-bond donors (Lipinski definition) is 3. The van der Waals surface area contributed by atoms with Gasteiger partial charge in [-0.2, -0.15) is 5.26 Å². The standard InChI is InChI=1S/C29H41N5O2/c1-20(2)16-23(18-30)32-28(35)24-10-4-5-11-25(24)33-29(36)27-17-22-9-3-6-12-26(22)34(27)15-13-21-8-7-14-31-19-21/h3,6,9,12,17,20-21,23-25,31H,4-5,7-8,10-11,13-16,19H2,1-2H3,(H,32,35)(H,33,36)/t21?,23-,24+,25-/m0/s1. The van der Waals surface area contributed by atoms with Crippen molar-refractivity contribution in [1.29, 1.82) is 5.26 Å². The molecule has 0 radical (unpaired) electrons. The van der Waals surface area contributed by atoms with Crippen LogP contribution in [0.3, 0.4) is 0 Å². The van der Waals surface area contributed by atoms with Crippen molar-refractivity contribution in [3.05, 3.63) is 36.0 Å². The highest BCUT2D eigenvalue weighted by Gasteiger charge is 2.34. The zero-order valence-electron chi connectivity index (χ0n) is 21.8. The molecular formula is C29H41N5O2. The van der Waals surface area contributed by atoms with Gasteiger partial charge in [0.2, 0.25) is 5.91 Å². The van der Waals surface area contributed by atoms with E-state index in [0.29, 0.717) is 24.0 Å². The number of piperidine rings is 1. The zero-order chi connectivity index (χ0) is 25.5. The summed E-state index contributed by atoms with van der Waals surface area (Å²) in [5.74, 6) is 0.412. The molecule has 1 aromatic carbocycles. The highest BCUT2D eigenvalue weighted by molar-refractivity contribution is 5.99. The van der Waals surface area contributed by atoms with E-state index >= 15 is 0 Å². The summed E-state index contributed by atoms with van der Waals surface area (Å²) in [5, 5.41) is 20.2. The average Bonchev–Trinajstić information content (AvgIpc) is 3.26. The van der Waals surface area contributed by atoms with E-state index < -0.39 is 6.04 Å². The van der Waals surface area contributed by atoms with Crippen LogP contribution in [0, 0.1) is 29.1 Å². The fraction of sp³-hybridized carbons (Fsp3) is 0.621. The number of rotatable bonds is 9. The van der Waals surface area contributed by atoms with Gasteiger partial charge in [-0.1, -0.05) is 44.9 Å². The van der Waals surface area contributed by atoms with Crippen LogP contribution in [0.2, 0.25) is 0 Å². The monoisotopic (exact) mass is 491 g/mol. The third-order valence-electron chi connectivity index (χ3n) is 7.80. The van der Waals surface area contributed by atoms with Gasteiger partial charge in [0.05, 0.1) is 12.0 Å². The molecule has 2 amide bonds. The van der Waals surface area contributed by atoms with Crippen molar-refractivity contribution in [2.45, 2.75) is 83.8 Å². The summed E-state index contributed by atoms with van der Waals surface area (Å²) in [6.07, 6.45) is 7.55. The van der Waals surface area contributed by atoms with Crippen LogP contribution >= 0.6 is 0 Å². The van der Waals surface area contributed by atoms with E-state index in [0.717, 1.165) is 62.6 Å². The van der Waals surface area contributed by atoms with Crippen molar-refractivity contribution in [2.75, 3.05) is 13.1 Å². The number of carbonyl (C=O) groups is 2. The van der Waals surface area contributed by atoms with Crippen molar-refractivity contribution in [3.63, 3.8) is 0 Å². The molecule has 1 saturated heterocycles. The van der Waals surface area contributed by atoms with Crippen LogP contribution in [0.1, 0.15) is 75.7 Å². The van der Waals surface area contributed by atoms with Crippen LogP contribution in [-0.4, -0.2) is 41.6 Å². The van der Waals surface area contributed by atoms with Crippen molar-refractivity contribution in [2.24, 2.45) is 17.8 Å². The first-order chi connectivity index (χ1) is 17.5. The van der Waals surface area contributed by atoms with Gasteiger partial charge in [-0.15, -0.1) is 0 Å². The molecule has 194 valence electrons.